The normalized spacial score (nSPS) is 10.8. The molecule has 0 aliphatic heterocycles. The molecule has 4 rings (SSSR count). The number of benzene rings is 2. The lowest BCUT2D eigenvalue weighted by Gasteiger charge is -2.12. The van der Waals surface area contributed by atoms with Crippen molar-refractivity contribution in [2.45, 2.75) is 20.5 Å². The van der Waals surface area contributed by atoms with E-state index in [0.29, 0.717) is 6.61 Å². The third kappa shape index (κ3) is 4.24. The number of pyridine rings is 2. The summed E-state index contributed by atoms with van der Waals surface area (Å²) in [5, 5.41) is 5.19. The Morgan fingerprint density at radius 3 is 2.32 bits per heavy atom. The van der Waals surface area contributed by atoms with Crippen LogP contribution in [0.3, 0.4) is 0 Å². The molecule has 0 spiro atoms. The summed E-state index contributed by atoms with van der Waals surface area (Å²) in [6.07, 6.45) is 0. The number of aromatic nitrogens is 2. The highest BCUT2D eigenvalue weighted by Gasteiger charge is 2.06. The number of aryl methyl sites for hydroxylation is 2. The lowest BCUT2D eigenvalue weighted by molar-refractivity contribution is 0.306. The molecule has 0 fully saturated rings. The highest BCUT2D eigenvalue weighted by atomic mass is 35.5. The summed E-state index contributed by atoms with van der Waals surface area (Å²) in [7, 11) is 0. The fraction of sp³-hybridized carbons (Fsp3) is 0.130. The van der Waals surface area contributed by atoms with Gasteiger partial charge in [0.25, 0.3) is 0 Å². The lowest BCUT2D eigenvalue weighted by atomic mass is 10.2. The van der Waals surface area contributed by atoms with E-state index in [0.717, 1.165) is 50.1 Å². The minimum Gasteiger partial charge on any atom is -0.489 e. The van der Waals surface area contributed by atoms with Crippen molar-refractivity contribution in [1.29, 1.82) is 0 Å². The Balaban J connectivity index is 1.49. The quantitative estimate of drug-likeness (QED) is 0.440. The second kappa shape index (κ2) is 7.87. The molecule has 4 nitrogen and oxygen atoms in total. The van der Waals surface area contributed by atoms with Gasteiger partial charge in [0.05, 0.1) is 5.69 Å². The number of hydrogen-bond acceptors (Lipinski definition) is 4. The Hall–Kier alpha value is -3.11. The standard InChI is InChI=1S/C23H20ClN3O/c1-15-3-12-21-22(13-16(2)26-23(21)25-15)27-19-8-10-20(11-9-19)28-14-17-4-6-18(24)7-5-17/h3-13H,14H2,1-2H3,(H,25,26,27). The van der Waals surface area contributed by atoms with Crippen molar-refractivity contribution in [2.75, 3.05) is 5.32 Å². The van der Waals surface area contributed by atoms with Crippen LogP contribution in [0, 0.1) is 13.8 Å². The van der Waals surface area contributed by atoms with Gasteiger partial charge in [0.2, 0.25) is 0 Å². The molecule has 0 bridgehead atoms. The molecule has 0 saturated carbocycles. The van der Waals surface area contributed by atoms with Crippen LogP contribution in [-0.4, -0.2) is 9.97 Å². The van der Waals surface area contributed by atoms with Gasteiger partial charge < -0.3 is 10.1 Å². The van der Waals surface area contributed by atoms with Crippen molar-refractivity contribution in [1.82, 2.24) is 9.97 Å². The minimum absolute atomic E-state index is 0.503. The van der Waals surface area contributed by atoms with Gasteiger partial charge in [0, 0.05) is 27.5 Å². The van der Waals surface area contributed by atoms with E-state index in [1.807, 2.05) is 74.5 Å². The molecule has 0 saturated heterocycles. The fourth-order valence-corrected chi connectivity index (χ4v) is 3.09. The maximum absolute atomic E-state index is 5.91. The van der Waals surface area contributed by atoms with Crippen LogP contribution in [0.25, 0.3) is 11.0 Å². The molecule has 2 heterocycles. The van der Waals surface area contributed by atoms with Crippen LogP contribution in [0.4, 0.5) is 11.4 Å². The van der Waals surface area contributed by atoms with Crippen molar-refractivity contribution < 1.29 is 4.74 Å². The van der Waals surface area contributed by atoms with Crippen LogP contribution in [0.1, 0.15) is 17.0 Å². The number of nitrogens with zero attached hydrogens (tertiary/aromatic N) is 2. The second-order valence-electron chi connectivity index (χ2n) is 6.70. The number of nitrogens with one attached hydrogen (secondary N) is 1. The molecule has 0 atom stereocenters. The zero-order chi connectivity index (χ0) is 19.5. The predicted octanol–water partition coefficient (Wildman–Crippen LogP) is 6.22. The van der Waals surface area contributed by atoms with Crippen LogP contribution < -0.4 is 10.1 Å². The molecule has 28 heavy (non-hydrogen) atoms. The highest BCUT2D eigenvalue weighted by molar-refractivity contribution is 6.30. The molecular weight excluding hydrogens is 370 g/mol. The van der Waals surface area contributed by atoms with Crippen LogP contribution in [0.15, 0.2) is 66.7 Å². The molecule has 0 unspecified atom stereocenters. The molecular formula is C23H20ClN3O. The summed E-state index contributed by atoms with van der Waals surface area (Å²) >= 11 is 5.91. The summed E-state index contributed by atoms with van der Waals surface area (Å²) in [5.74, 6) is 0.813. The number of hydrogen-bond donors (Lipinski definition) is 1. The first-order valence-electron chi connectivity index (χ1n) is 9.06. The van der Waals surface area contributed by atoms with E-state index in [4.69, 9.17) is 16.3 Å². The predicted molar refractivity (Wildman–Crippen MR) is 115 cm³/mol. The SMILES string of the molecule is Cc1ccc2c(Nc3ccc(OCc4ccc(Cl)cc4)cc3)cc(C)nc2n1. The van der Waals surface area contributed by atoms with E-state index in [9.17, 15) is 0 Å². The smallest absolute Gasteiger partial charge is 0.161 e. The molecule has 4 aromatic rings. The third-order valence-electron chi connectivity index (χ3n) is 4.39. The number of anilines is 2. The molecule has 0 aliphatic carbocycles. The Kier molecular flexibility index (Phi) is 5.13. The molecule has 5 heteroatoms. The van der Waals surface area contributed by atoms with Gasteiger partial charge in [-0.3, -0.25) is 0 Å². The van der Waals surface area contributed by atoms with Crippen LogP contribution in [0.5, 0.6) is 5.75 Å². The van der Waals surface area contributed by atoms with E-state index < -0.39 is 0 Å². The number of halogens is 1. The van der Waals surface area contributed by atoms with Crippen molar-refractivity contribution in [3.8, 4) is 5.75 Å². The van der Waals surface area contributed by atoms with Gasteiger partial charge in [-0.1, -0.05) is 23.7 Å². The summed E-state index contributed by atoms with van der Waals surface area (Å²) in [4.78, 5) is 9.06. The van der Waals surface area contributed by atoms with Crippen molar-refractivity contribution in [2.24, 2.45) is 0 Å². The zero-order valence-electron chi connectivity index (χ0n) is 15.7. The minimum atomic E-state index is 0.503. The molecule has 2 aromatic heterocycles. The van der Waals surface area contributed by atoms with Crippen LogP contribution >= 0.6 is 11.6 Å². The first-order valence-corrected chi connectivity index (χ1v) is 9.44. The second-order valence-corrected chi connectivity index (χ2v) is 7.14. The number of ether oxygens (including phenoxy) is 1. The average molecular weight is 390 g/mol. The summed E-state index contributed by atoms with van der Waals surface area (Å²) < 4.78 is 5.85. The first-order chi connectivity index (χ1) is 13.6. The molecule has 140 valence electrons. The van der Waals surface area contributed by atoms with E-state index in [1.165, 1.54) is 0 Å². The van der Waals surface area contributed by atoms with Gasteiger partial charge in [0.1, 0.15) is 12.4 Å². The molecule has 2 aromatic carbocycles. The Labute approximate surface area is 169 Å². The summed E-state index contributed by atoms with van der Waals surface area (Å²) in [6.45, 7) is 4.45. The lowest BCUT2D eigenvalue weighted by Crippen LogP contribution is -1.98. The summed E-state index contributed by atoms with van der Waals surface area (Å²) in [5.41, 5.74) is 5.68. The van der Waals surface area contributed by atoms with Gasteiger partial charge in [-0.25, -0.2) is 9.97 Å². The van der Waals surface area contributed by atoms with Crippen molar-refractivity contribution >= 4 is 34.0 Å². The Morgan fingerprint density at radius 2 is 1.57 bits per heavy atom. The third-order valence-corrected chi connectivity index (χ3v) is 4.64. The van der Waals surface area contributed by atoms with Gasteiger partial charge >= 0.3 is 0 Å². The van der Waals surface area contributed by atoms with Crippen LogP contribution in [0.2, 0.25) is 5.02 Å². The van der Waals surface area contributed by atoms with Gasteiger partial charge in [-0.2, -0.15) is 0 Å². The summed E-state index contributed by atoms with van der Waals surface area (Å²) in [6, 6.07) is 21.7. The highest BCUT2D eigenvalue weighted by Crippen LogP contribution is 2.27. The van der Waals surface area contributed by atoms with Crippen molar-refractivity contribution in [3.05, 3.63) is 88.7 Å². The molecule has 1 N–H and O–H groups in total. The topological polar surface area (TPSA) is 47.0 Å². The zero-order valence-corrected chi connectivity index (χ0v) is 16.5. The van der Waals surface area contributed by atoms with Gasteiger partial charge in [0.15, 0.2) is 5.65 Å². The Bertz CT molecular complexity index is 1100. The average Bonchev–Trinajstić information content (AvgIpc) is 2.68. The van der Waals surface area contributed by atoms with E-state index in [-0.39, 0.29) is 0 Å². The number of rotatable bonds is 5. The monoisotopic (exact) mass is 389 g/mol. The molecule has 0 amide bonds. The fourth-order valence-electron chi connectivity index (χ4n) is 2.97. The van der Waals surface area contributed by atoms with E-state index in [2.05, 4.69) is 21.4 Å². The van der Waals surface area contributed by atoms with E-state index >= 15 is 0 Å². The maximum atomic E-state index is 5.91. The molecule has 0 aliphatic rings. The van der Waals surface area contributed by atoms with Crippen molar-refractivity contribution in [3.63, 3.8) is 0 Å². The van der Waals surface area contributed by atoms with Gasteiger partial charge in [-0.15, -0.1) is 0 Å². The Morgan fingerprint density at radius 1 is 0.857 bits per heavy atom. The largest absolute Gasteiger partial charge is 0.489 e. The van der Waals surface area contributed by atoms with Gasteiger partial charge in [-0.05, 0) is 74.0 Å². The maximum Gasteiger partial charge on any atom is 0.161 e. The van der Waals surface area contributed by atoms with E-state index in [1.54, 1.807) is 0 Å². The van der Waals surface area contributed by atoms with Crippen LogP contribution in [-0.2, 0) is 6.61 Å². The number of fused-ring (bicyclic) bond motifs is 1. The first kappa shape index (κ1) is 18.3. The molecule has 0 radical (unpaired) electrons.